The fourth-order valence-corrected chi connectivity index (χ4v) is 3.13. The van der Waals surface area contributed by atoms with Gasteiger partial charge in [0.15, 0.2) is 0 Å². The van der Waals surface area contributed by atoms with Crippen LogP contribution >= 0.6 is 0 Å². The van der Waals surface area contributed by atoms with Crippen molar-refractivity contribution in [1.29, 1.82) is 0 Å². The van der Waals surface area contributed by atoms with Gasteiger partial charge in [0.05, 0.1) is 38.3 Å². The van der Waals surface area contributed by atoms with E-state index >= 15 is 0 Å². The topological polar surface area (TPSA) is 46.7 Å². The highest BCUT2D eigenvalue weighted by atomic mass is 16.5. The summed E-state index contributed by atoms with van der Waals surface area (Å²) >= 11 is 0. The van der Waals surface area contributed by atoms with E-state index in [0.717, 1.165) is 70.5 Å². The van der Waals surface area contributed by atoms with Crippen LogP contribution in [0.3, 0.4) is 0 Å². The molecule has 1 fully saturated rings. The number of aryl methyl sites for hydroxylation is 1. The van der Waals surface area contributed by atoms with Gasteiger partial charge in [-0.1, -0.05) is 6.08 Å². The van der Waals surface area contributed by atoms with Crippen LogP contribution in [0.25, 0.3) is 0 Å². The van der Waals surface area contributed by atoms with Crippen molar-refractivity contribution >= 4 is 0 Å². The summed E-state index contributed by atoms with van der Waals surface area (Å²) in [7, 11) is 0. The highest BCUT2D eigenvalue weighted by Gasteiger charge is 2.16. The van der Waals surface area contributed by atoms with Gasteiger partial charge in [-0.25, -0.2) is 0 Å². The molecule has 3 rings (SSSR count). The van der Waals surface area contributed by atoms with E-state index in [1.54, 1.807) is 6.26 Å². The maximum atomic E-state index is 5.56. The van der Waals surface area contributed by atoms with Crippen LogP contribution in [-0.4, -0.2) is 59.0 Å². The van der Waals surface area contributed by atoms with Gasteiger partial charge in [0.1, 0.15) is 5.76 Å². The molecule has 0 unspecified atom stereocenters. The Balaban J connectivity index is 1.63. The van der Waals surface area contributed by atoms with Crippen LogP contribution in [0.1, 0.15) is 17.0 Å². The first kappa shape index (κ1) is 17.9. The number of nitrogens with zero attached hydrogens (tertiary/aromatic N) is 4. The van der Waals surface area contributed by atoms with Crippen molar-refractivity contribution in [2.24, 2.45) is 0 Å². The molecule has 0 aromatic carbocycles. The van der Waals surface area contributed by atoms with Gasteiger partial charge in [-0.15, -0.1) is 6.58 Å². The summed E-state index contributed by atoms with van der Waals surface area (Å²) in [5.74, 6) is 0.998. The number of aromatic nitrogens is 2. The number of hydrogen-bond donors (Lipinski definition) is 0. The summed E-state index contributed by atoms with van der Waals surface area (Å²) in [6.45, 7) is 14.0. The molecule has 6 nitrogen and oxygen atoms in total. The van der Waals surface area contributed by atoms with E-state index in [-0.39, 0.29) is 0 Å². The van der Waals surface area contributed by atoms with E-state index in [4.69, 9.17) is 9.15 Å². The van der Waals surface area contributed by atoms with E-state index in [0.29, 0.717) is 0 Å². The number of rotatable bonds is 9. The van der Waals surface area contributed by atoms with E-state index in [1.165, 1.54) is 5.56 Å². The lowest BCUT2D eigenvalue weighted by Gasteiger charge is -2.29. The van der Waals surface area contributed by atoms with Gasteiger partial charge in [0.25, 0.3) is 0 Å². The number of furan rings is 1. The predicted octanol–water partition coefficient (Wildman–Crippen LogP) is 2.30. The van der Waals surface area contributed by atoms with Gasteiger partial charge >= 0.3 is 0 Å². The van der Waals surface area contributed by atoms with Crippen LogP contribution < -0.4 is 0 Å². The lowest BCUT2D eigenvalue weighted by molar-refractivity contribution is 0.0321. The van der Waals surface area contributed by atoms with Gasteiger partial charge in [-0.05, 0) is 19.1 Å². The summed E-state index contributed by atoms with van der Waals surface area (Å²) in [6.07, 6.45) is 5.74. The van der Waals surface area contributed by atoms with Crippen molar-refractivity contribution in [2.75, 3.05) is 39.4 Å². The van der Waals surface area contributed by atoms with Gasteiger partial charge in [-0.3, -0.25) is 14.5 Å². The molecule has 0 saturated carbocycles. The number of morpholine rings is 1. The molecule has 0 atom stereocenters. The molecule has 0 bridgehead atoms. The van der Waals surface area contributed by atoms with E-state index in [2.05, 4.69) is 34.6 Å². The zero-order chi connectivity index (χ0) is 17.5. The Morgan fingerprint density at radius 3 is 2.88 bits per heavy atom. The van der Waals surface area contributed by atoms with Crippen LogP contribution in [-0.2, 0) is 24.4 Å². The second kappa shape index (κ2) is 8.99. The summed E-state index contributed by atoms with van der Waals surface area (Å²) in [5.41, 5.74) is 2.34. The van der Waals surface area contributed by atoms with Crippen molar-refractivity contribution in [2.45, 2.75) is 26.6 Å². The standard InChI is InChI=1S/C19H28N4O2/c1-3-6-23-15-18(17(2)20-23)14-22(16-19-5-4-11-25-19)8-7-21-9-12-24-13-10-21/h3-5,11,15H,1,6-10,12-14,16H2,2H3. The average Bonchev–Trinajstić information content (AvgIpc) is 3.24. The maximum Gasteiger partial charge on any atom is 0.117 e. The van der Waals surface area contributed by atoms with E-state index in [9.17, 15) is 0 Å². The third-order valence-corrected chi connectivity index (χ3v) is 4.55. The van der Waals surface area contributed by atoms with Gasteiger partial charge in [0.2, 0.25) is 0 Å². The van der Waals surface area contributed by atoms with Crippen LogP contribution in [0.5, 0.6) is 0 Å². The second-order valence-corrected chi connectivity index (χ2v) is 6.49. The fraction of sp³-hybridized carbons (Fsp3) is 0.526. The molecule has 1 aliphatic rings. The number of ether oxygens (including phenoxy) is 1. The first-order valence-corrected chi connectivity index (χ1v) is 8.93. The van der Waals surface area contributed by atoms with Crippen LogP contribution in [0.2, 0.25) is 0 Å². The van der Waals surface area contributed by atoms with Crippen molar-refractivity contribution in [3.8, 4) is 0 Å². The molecule has 1 saturated heterocycles. The number of hydrogen-bond acceptors (Lipinski definition) is 5. The predicted molar refractivity (Wildman–Crippen MR) is 97.2 cm³/mol. The molecular weight excluding hydrogens is 316 g/mol. The molecule has 2 aromatic heterocycles. The minimum atomic E-state index is 0.743. The van der Waals surface area contributed by atoms with Crippen molar-refractivity contribution in [3.63, 3.8) is 0 Å². The van der Waals surface area contributed by atoms with Gasteiger partial charge in [-0.2, -0.15) is 5.10 Å². The Labute approximate surface area is 149 Å². The average molecular weight is 344 g/mol. The minimum absolute atomic E-state index is 0.743. The van der Waals surface area contributed by atoms with E-state index in [1.807, 2.05) is 22.9 Å². The Morgan fingerprint density at radius 1 is 1.32 bits per heavy atom. The van der Waals surface area contributed by atoms with Gasteiger partial charge in [0, 0.05) is 44.5 Å². The lowest BCUT2D eigenvalue weighted by Crippen LogP contribution is -2.41. The highest BCUT2D eigenvalue weighted by molar-refractivity contribution is 5.15. The molecule has 3 heterocycles. The largest absolute Gasteiger partial charge is 0.468 e. The molecular formula is C19H28N4O2. The third-order valence-electron chi connectivity index (χ3n) is 4.55. The highest BCUT2D eigenvalue weighted by Crippen LogP contribution is 2.14. The van der Waals surface area contributed by atoms with Crippen molar-refractivity contribution in [1.82, 2.24) is 19.6 Å². The van der Waals surface area contributed by atoms with Crippen LogP contribution in [0.4, 0.5) is 0 Å². The molecule has 0 aliphatic carbocycles. The SMILES string of the molecule is C=CCn1cc(CN(CCN2CCOCC2)Cc2ccco2)c(C)n1. The maximum absolute atomic E-state index is 5.56. The Bertz CT molecular complexity index is 644. The smallest absolute Gasteiger partial charge is 0.117 e. The van der Waals surface area contributed by atoms with Crippen molar-refractivity contribution in [3.05, 3.63) is 54.3 Å². The van der Waals surface area contributed by atoms with Crippen molar-refractivity contribution < 1.29 is 9.15 Å². The molecule has 136 valence electrons. The Hall–Kier alpha value is -1.89. The van der Waals surface area contributed by atoms with Gasteiger partial charge < -0.3 is 9.15 Å². The summed E-state index contributed by atoms with van der Waals surface area (Å²) < 4.78 is 12.9. The summed E-state index contributed by atoms with van der Waals surface area (Å²) in [4.78, 5) is 4.89. The van der Waals surface area contributed by atoms with E-state index < -0.39 is 0 Å². The van der Waals surface area contributed by atoms with Crippen LogP contribution in [0, 0.1) is 6.92 Å². The monoisotopic (exact) mass is 344 g/mol. The summed E-state index contributed by atoms with van der Waals surface area (Å²) in [6, 6.07) is 3.98. The molecule has 0 radical (unpaired) electrons. The molecule has 0 amide bonds. The number of allylic oxidation sites excluding steroid dienone is 1. The Kier molecular flexibility index (Phi) is 6.44. The minimum Gasteiger partial charge on any atom is -0.468 e. The zero-order valence-electron chi connectivity index (χ0n) is 15.1. The first-order chi connectivity index (χ1) is 12.2. The Morgan fingerprint density at radius 2 is 2.16 bits per heavy atom. The third kappa shape index (κ3) is 5.29. The molecule has 1 aliphatic heterocycles. The zero-order valence-corrected chi connectivity index (χ0v) is 15.1. The normalized spacial score (nSPS) is 15.8. The lowest BCUT2D eigenvalue weighted by atomic mass is 10.2. The summed E-state index contributed by atoms with van der Waals surface area (Å²) in [5, 5.41) is 4.57. The molecule has 0 N–H and O–H groups in total. The molecule has 0 spiro atoms. The first-order valence-electron chi connectivity index (χ1n) is 8.93. The molecule has 2 aromatic rings. The fourth-order valence-electron chi connectivity index (χ4n) is 3.13. The molecule has 6 heteroatoms. The quantitative estimate of drug-likeness (QED) is 0.653. The molecule has 25 heavy (non-hydrogen) atoms. The second-order valence-electron chi connectivity index (χ2n) is 6.49. The van der Waals surface area contributed by atoms with Crippen LogP contribution in [0.15, 0.2) is 41.7 Å².